The number of halogens is 1. The zero-order valence-electron chi connectivity index (χ0n) is 7.53. The largest absolute Gasteiger partial charge is 0.393 e. The van der Waals surface area contributed by atoms with Gasteiger partial charge in [-0.3, -0.25) is 0 Å². The maximum absolute atomic E-state index is 9.65. The molecule has 1 aliphatic rings. The van der Waals surface area contributed by atoms with E-state index < -0.39 is 0 Å². The van der Waals surface area contributed by atoms with Crippen molar-refractivity contribution in [2.45, 2.75) is 31.8 Å². The summed E-state index contributed by atoms with van der Waals surface area (Å²) in [5.74, 6) is 0.960. The average Bonchev–Trinajstić information content (AvgIpc) is 2.62. The van der Waals surface area contributed by atoms with Gasteiger partial charge in [0, 0.05) is 9.85 Å². The van der Waals surface area contributed by atoms with Gasteiger partial charge in [0.15, 0.2) is 0 Å². The Morgan fingerprint density at radius 2 is 2.23 bits per heavy atom. The first kappa shape index (κ1) is 9.69. The highest BCUT2D eigenvalue weighted by Gasteiger charge is 2.33. The quantitative estimate of drug-likeness (QED) is 0.821. The van der Waals surface area contributed by atoms with Crippen LogP contribution < -0.4 is 0 Å². The maximum atomic E-state index is 9.65. The van der Waals surface area contributed by atoms with Crippen molar-refractivity contribution in [1.82, 2.24) is 0 Å². The molecule has 0 radical (unpaired) electrons. The topological polar surface area (TPSA) is 20.2 Å². The molecule has 0 aromatic carbocycles. The molecule has 1 N–H and O–H groups in total. The zero-order valence-corrected chi connectivity index (χ0v) is 9.94. The Bertz CT molecular complexity index is 297. The van der Waals surface area contributed by atoms with Gasteiger partial charge in [0.05, 0.1) is 6.10 Å². The number of hydrogen-bond donors (Lipinski definition) is 1. The Kier molecular flexibility index (Phi) is 2.77. The van der Waals surface area contributed by atoms with E-state index in [0.29, 0.717) is 11.8 Å². The predicted molar refractivity (Wildman–Crippen MR) is 59.2 cm³/mol. The molecule has 1 heterocycles. The number of thiophene rings is 1. The van der Waals surface area contributed by atoms with Crippen LogP contribution in [0, 0.1) is 5.92 Å². The van der Waals surface area contributed by atoms with Crippen LogP contribution in [-0.2, 0) is 0 Å². The van der Waals surface area contributed by atoms with Crippen LogP contribution in [0.3, 0.4) is 0 Å². The highest BCUT2D eigenvalue weighted by molar-refractivity contribution is 9.10. The molecule has 0 spiro atoms. The third kappa shape index (κ3) is 1.69. The second-order valence-corrected chi connectivity index (χ2v) is 5.38. The van der Waals surface area contributed by atoms with Crippen molar-refractivity contribution in [2.24, 2.45) is 5.92 Å². The molecule has 0 amide bonds. The summed E-state index contributed by atoms with van der Waals surface area (Å²) >= 11 is 5.28. The molecule has 72 valence electrons. The van der Waals surface area contributed by atoms with Crippen molar-refractivity contribution in [3.8, 4) is 0 Å². The Hall–Kier alpha value is 0.140. The van der Waals surface area contributed by atoms with Gasteiger partial charge in [-0.2, -0.15) is 11.3 Å². The van der Waals surface area contributed by atoms with Crippen LogP contribution in [-0.4, -0.2) is 11.2 Å². The molecule has 0 aliphatic heterocycles. The summed E-state index contributed by atoms with van der Waals surface area (Å²) in [5, 5.41) is 14.0. The van der Waals surface area contributed by atoms with Gasteiger partial charge in [-0.15, -0.1) is 0 Å². The molecule has 1 nitrogen and oxygen atoms in total. The number of aliphatic hydroxyl groups excluding tert-OH is 1. The van der Waals surface area contributed by atoms with Crippen LogP contribution in [0.2, 0.25) is 0 Å². The molecular formula is C10H13BrOS. The average molecular weight is 261 g/mol. The minimum Gasteiger partial charge on any atom is -0.393 e. The molecule has 0 bridgehead atoms. The first-order valence-corrected chi connectivity index (χ1v) is 6.33. The van der Waals surface area contributed by atoms with Gasteiger partial charge in [0.2, 0.25) is 0 Å². The van der Waals surface area contributed by atoms with Crippen molar-refractivity contribution >= 4 is 27.3 Å². The van der Waals surface area contributed by atoms with Crippen LogP contribution in [0.5, 0.6) is 0 Å². The molecule has 1 saturated carbocycles. The Labute approximate surface area is 90.9 Å². The molecule has 3 atom stereocenters. The lowest BCUT2D eigenvalue weighted by Crippen LogP contribution is -2.13. The van der Waals surface area contributed by atoms with E-state index in [1.165, 1.54) is 10.0 Å². The Balaban J connectivity index is 2.23. The molecule has 1 aromatic heterocycles. The van der Waals surface area contributed by atoms with E-state index in [1.807, 2.05) is 0 Å². The van der Waals surface area contributed by atoms with Gasteiger partial charge in [-0.1, -0.05) is 6.92 Å². The van der Waals surface area contributed by atoms with E-state index in [1.54, 1.807) is 11.3 Å². The third-order valence-corrected chi connectivity index (χ3v) is 4.81. The summed E-state index contributed by atoms with van der Waals surface area (Å²) in [6, 6.07) is 0. The summed E-state index contributed by atoms with van der Waals surface area (Å²) in [4.78, 5) is 0. The highest BCUT2D eigenvalue weighted by Crippen LogP contribution is 2.43. The summed E-state index contributed by atoms with van der Waals surface area (Å²) in [6.45, 7) is 2.15. The first-order chi connectivity index (χ1) is 6.20. The minimum absolute atomic E-state index is 0.100. The standard InChI is InChI=1S/C10H13BrOS/c1-6-7(2-3-10(6)12)8-4-13-5-9(8)11/h4-7,10,12H,2-3H2,1H3. The second kappa shape index (κ2) is 3.71. The molecular weight excluding hydrogens is 248 g/mol. The SMILES string of the molecule is CC1C(O)CCC1c1cscc1Br. The molecule has 1 fully saturated rings. The van der Waals surface area contributed by atoms with E-state index >= 15 is 0 Å². The summed E-state index contributed by atoms with van der Waals surface area (Å²) < 4.78 is 1.21. The van der Waals surface area contributed by atoms with Gasteiger partial charge < -0.3 is 5.11 Å². The molecule has 1 aliphatic carbocycles. The van der Waals surface area contributed by atoms with Gasteiger partial charge in [0.1, 0.15) is 0 Å². The van der Waals surface area contributed by atoms with Crippen molar-refractivity contribution in [2.75, 3.05) is 0 Å². The van der Waals surface area contributed by atoms with Crippen LogP contribution in [0.4, 0.5) is 0 Å². The van der Waals surface area contributed by atoms with Crippen molar-refractivity contribution in [1.29, 1.82) is 0 Å². The van der Waals surface area contributed by atoms with Crippen molar-refractivity contribution in [3.63, 3.8) is 0 Å². The molecule has 2 rings (SSSR count). The predicted octanol–water partition coefficient (Wildman–Crippen LogP) is 3.39. The van der Waals surface area contributed by atoms with E-state index in [4.69, 9.17) is 0 Å². The molecule has 3 unspecified atom stereocenters. The van der Waals surface area contributed by atoms with Gasteiger partial charge in [0.25, 0.3) is 0 Å². The normalized spacial score (nSPS) is 33.9. The smallest absolute Gasteiger partial charge is 0.0571 e. The maximum Gasteiger partial charge on any atom is 0.0571 e. The minimum atomic E-state index is -0.100. The number of aliphatic hydroxyl groups is 1. The summed E-state index contributed by atoms with van der Waals surface area (Å²) in [6.07, 6.45) is 1.97. The van der Waals surface area contributed by atoms with Crippen LogP contribution >= 0.6 is 27.3 Å². The fraction of sp³-hybridized carbons (Fsp3) is 0.600. The highest BCUT2D eigenvalue weighted by atomic mass is 79.9. The van der Waals surface area contributed by atoms with Crippen molar-refractivity contribution in [3.05, 3.63) is 20.8 Å². The fourth-order valence-electron chi connectivity index (χ4n) is 2.14. The Morgan fingerprint density at radius 3 is 2.69 bits per heavy atom. The van der Waals surface area contributed by atoms with E-state index in [0.717, 1.165) is 12.8 Å². The van der Waals surface area contributed by atoms with E-state index in [2.05, 4.69) is 33.6 Å². The lowest BCUT2D eigenvalue weighted by molar-refractivity contribution is 0.136. The molecule has 0 saturated heterocycles. The fourth-order valence-corrected chi connectivity index (χ4v) is 3.79. The molecule has 13 heavy (non-hydrogen) atoms. The number of rotatable bonds is 1. The lowest BCUT2D eigenvalue weighted by Gasteiger charge is -2.16. The van der Waals surface area contributed by atoms with Gasteiger partial charge in [-0.25, -0.2) is 0 Å². The van der Waals surface area contributed by atoms with E-state index in [9.17, 15) is 5.11 Å². The zero-order chi connectivity index (χ0) is 9.42. The van der Waals surface area contributed by atoms with Crippen LogP contribution in [0.15, 0.2) is 15.2 Å². The molecule has 3 heteroatoms. The van der Waals surface area contributed by atoms with E-state index in [-0.39, 0.29) is 6.10 Å². The Morgan fingerprint density at radius 1 is 1.46 bits per heavy atom. The van der Waals surface area contributed by atoms with Gasteiger partial charge >= 0.3 is 0 Å². The number of hydrogen-bond acceptors (Lipinski definition) is 2. The van der Waals surface area contributed by atoms with Crippen molar-refractivity contribution < 1.29 is 5.11 Å². The van der Waals surface area contributed by atoms with Crippen LogP contribution in [0.25, 0.3) is 0 Å². The lowest BCUT2D eigenvalue weighted by atomic mass is 9.91. The third-order valence-electron chi connectivity index (χ3n) is 3.06. The molecule has 1 aromatic rings. The summed E-state index contributed by atoms with van der Waals surface area (Å²) in [7, 11) is 0. The second-order valence-electron chi connectivity index (χ2n) is 3.79. The first-order valence-electron chi connectivity index (χ1n) is 4.60. The monoisotopic (exact) mass is 260 g/mol. The summed E-state index contributed by atoms with van der Waals surface area (Å²) in [5.41, 5.74) is 1.38. The van der Waals surface area contributed by atoms with Crippen LogP contribution in [0.1, 0.15) is 31.2 Å². The van der Waals surface area contributed by atoms with Gasteiger partial charge in [-0.05, 0) is 51.6 Å².